The molecule has 128 valence electrons. The number of hydrogen-bond acceptors (Lipinski definition) is 4. The van der Waals surface area contributed by atoms with E-state index < -0.39 is 5.54 Å². The summed E-state index contributed by atoms with van der Waals surface area (Å²) in [5, 5.41) is 18.2. The van der Waals surface area contributed by atoms with Gasteiger partial charge in [0.25, 0.3) is 0 Å². The first-order valence-corrected chi connectivity index (χ1v) is 8.80. The lowest BCUT2D eigenvalue weighted by Gasteiger charge is -2.22. The van der Waals surface area contributed by atoms with E-state index in [0.717, 1.165) is 29.8 Å². The Bertz CT molecular complexity index is 743. The summed E-state index contributed by atoms with van der Waals surface area (Å²) in [6.07, 6.45) is 4.50. The van der Waals surface area contributed by atoms with E-state index in [2.05, 4.69) is 16.3 Å². The van der Waals surface area contributed by atoms with Crippen LogP contribution in [0.25, 0.3) is 0 Å². The molecule has 4 heteroatoms. The van der Waals surface area contributed by atoms with Crippen molar-refractivity contribution in [2.75, 3.05) is 0 Å². The zero-order valence-electron chi connectivity index (χ0n) is 14.6. The highest BCUT2D eigenvalue weighted by molar-refractivity contribution is 5.40. The van der Waals surface area contributed by atoms with Gasteiger partial charge in [-0.25, -0.2) is 0 Å². The quantitative estimate of drug-likeness (QED) is 0.625. The van der Waals surface area contributed by atoms with Gasteiger partial charge in [0.15, 0.2) is 5.54 Å². The lowest BCUT2D eigenvalue weighted by molar-refractivity contribution is 0.306. The van der Waals surface area contributed by atoms with Crippen LogP contribution < -0.4 is 4.74 Å². The summed E-state index contributed by atoms with van der Waals surface area (Å²) < 4.78 is 5.77. The number of nitriles is 1. The monoisotopic (exact) mass is 333 g/mol. The number of benzene rings is 2. The molecule has 1 aliphatic carbocycles. The van der Waals surface area contributed by atoms with Crippen molar-refractivity contribution in [1.29, 1.82) is 5.26 Å². The van der Waals surface area contributed by atoms with Gasteiger partial charge in [0.2, 0.25) is 0 Å². The Balaban J connectivity index is 1.61. The second kappa shape index (κ2) is 7.94. The Labute approximate surface area is 149 Å². The normalized spacial score (nSPS) is 17.3. The SMILES string of the molecule is CC(C#N)(/N=N/c1ccc(OCc2ccccc2)cc1)C1CCCC1. The third kappa shape index (κ3) is 4.45. The van der Waals surface area contributed by atoms with Gasteiger partial charge in [-0.2, -0.15) is 15.5 Å². The standard InChI is InChI=1S/C21H23N3O/c1-21(16-22,18-9-5-6-10-18)24-23-19-11-13-20(14-12-19)25-15-17-7-3-2-4-8-17/h2-4,7-8,11-14,18H,5-6,9-10,15H2,1H3/b24-23+. The maximum Gasteiger partial charge on any atom is 0.167 e. The van der Waals surface area contributed by atoms with Crippen LogP contribution in [0.5, 0.6) is 5.75 Å². The Morgan fingerprint density at radius 2 is 1.76 bits per heavy atom. The summed E-state index contributed by atoms with van der Waals surface area (Å²) >= 11 is 0. The van der Waals surface area contributed by atoms with Crippen LogP contribution in [0.3, 0.4) is 0 Å². The summed E-state index contributed by atoms with van der Waals surface area (Å²) in [6.45, 7) is 2.43. The lowest BCUT2D eigenvalue weighted by Crippen LogP contribution is -2.28. The molecule has 0 radical (unpaired) electrons. The second-order valence-corrected chi connectivity index (χ2v) is 6.71. The predicted molar refractivity (Wildman–Crippen MR) is 97.7 cm³/mol. The number of rotatable bonds is 6. The number of ether oxygens (including phenoxy) is 1. The van der Waals surface area contributed by atoms with Gasteiger partial charge in [-0.1, -0.05) is 43.2 Å². The van der Waals surface area contributed by atoms with Crippen LogP contribution in [0.15, 0.2) is 64.8 Å². The molecule has 0 N–H and O–H groups in total. The van der Waals surface area contributed by atoms with Crippen molar-refractivity contribution in [3.05, 3.63) is 60.2 Å². The minimum Gasteiger partial charge on any atom is -0.489 e. The molecule has 1 atom stereocenters. The van der Waals surface area contributed by atoms with Gasteiger partial charge in [0, 0.05) is 0 Å². The highest BCUT2D eigenvalue weighted by Gasteiger charge is 2.36. The van der Waals surface area contributed by atoms with Crippen molar-refractivity contribution in [1.82, 2.24) is 0 Å². The topological polar surface area (TPSA) is 57.7 Å². The Hall–Kier alpha value is -2.67. The van der Waals surface area contributed by atoms with Crippen LogP contribution in [0.2, 0.25) is 0 Å². The van der Waals surface area contributed by atoms with Crippen LogP contribution >= 0.6 is 0 Å². The minimum absolute atomic E-state index is 0.315. The summed E-state index contributed by atoms with van der Waals surface area (Å²) in [5.74, 6) is 1.11. The van der Waals surface area contributed by atoms with Crippen LogP contribution in [0.4, 0.5) is 5.69 Å². The number of azo groups is 1. The summed E-state index contributed by atoms with van der Waals surface area (Å²) in [5.41, 5.74) is 1.15. The molecular weight excluding hydrogens is 310 g/mol. The number of hydrogen-bond donors (Lipinski definition) is 0. The van der Waals surface area contributed by atoms with Crippen LogP contribution in [0, 0.1) is 17.2 Å². The first-order chi connectivity index (χ1) is 12.2. The molecule has 0 saturated heterocycles. The minimum atomic E-state index is -0.723. The third-order valence-corrected chi connectivity index (χ3v) is 4.83. The van der Waals surface area contributed by atoms with Crippen LogP contribution in [-0.4, -0.2) is 5.54 Å². The smallest absolute Gasteiger partial charge is 0.167 e. The molecule has 0 aliphatic heterocycles. The van der Waals surface area contributed by atoms with Gasteiger partial charge in [0.1, 0.15) is 12.4 Å². The molecule has 3 rings (SSSR count). The molecular formula is C21H23N3O. The fourth-order valence-electron chi connectivity index (χ4n) is 3.19. The van der Waals surface area contributed by atoms with E-state index in [-0.39, 0.29) is 0 Å². The molecule has 0 amide bonds. The summed E-state index contributed by atoms with van der Waals surface area (Å²) in [6, 6.07) is 19.9. The van der Waals surface area contributed by atoms with E-state index in [9.17, 15) is 5.26 Å². The highest BCUT2D eigenvalue weighted by atomic mass is 16.5. The van der Waals surface area contributed by atoms with E-state index in [0.29, 0.717) is 12.5 Å². The fraction of sp³-hybridized carbons (Fsp3) is 0.381. The zero-order chi connectivity index (χ0) is 17.5. The molecule has 25 heavy (non-hydrogen) atoms. The van der Waals surface area contributed by atoms with Crippen molar-refractivity contribution < 1.29 is 4.74 Å². The van der Waals surface area contributed by atoms with Gasteiger partial charge in [0.05, 0.1) is 11.8 Å². The van der Waals surface area contributed by atoms with Gasteiger partial charge in [-0.3, -0.25) is 0 Å². The molecule has 0 heterocycles. The van der Waals surface area contributed by atoms with E-state index in [4.69, 9.17) is 4.74 Å². The molecule has 1 saturated carbocycles. The molecule has 2 aromatic carbocycles. The molecule has 2 aromatic rings. The molecule has 0 bridgehead atoms. The predicted octanol–water partition coefficient (Wildman–Crippen LogP) is 5.82. The first-order valence-electron chi connectivity index (χ1n) is 8.80. The van der Waals surface area contributed by atoms with Crippen molar-refractivity contribution in [2.24, 2.45) is 16.1 Å². The molecule has 4 nitrogen and oxygen atoms in total. The maximum absolute atomic E-state index is 9.52. The zero-order valence-corrected chi connectivity index (χ0v) is 14.6. The van der Waals surface area contributed by atoms with Crippen molar-refractivity contribution in [2.45, 2.75) is 44.8 Å². The first kappa shape index (κ1) is 17.2. The Kier molecular flexibility index (Phi) is 5.45. The van der Waals surface area contributed by atoms with Crippen LogP contribution in [-0.2, 0) is 6.61 Å². The molecule has 1 unspecified atom stereocenters. The maximum atomic E-state index is 9.52. The summed E-state index contributed by atoms with van der Waals surface area (Å²) in [4.78, 5) is 0. The number of nitrogens with zero attached hydrogens (tertiary/aromatic N) is 3. The van der Waals surface area contributed by atoms with Gasteiger partial charge >= 0.3 is 0 Å². The van der Waals surface area contributed by atoms with Gasteiger partial charge in [-0.15, -0.1) is 0 Å². The Morgan fingerprint density at radius 3 is 2.40 bits per heavy atom. The van der Waals surface area contributed by atoms with Crippen LogP contribution in [0.1, 0.15) is 38.2 Å². The Morgan fingerprint density at radius 1 is 1.08 bits per heavy atom. The van der Waals surface area contributed by atoms with Crippen molar-refractivity contribution >= 4 is 5.69 Å². The average Bonchev–Trinajstić information content (AvgIpc) is 3.22. The van der Waals surface area contributed by atoms with Crippen molar-refractivity contribution in [3.8, 4) is 11.8 Å². The fourth-order valence-corrected chi connectivity index (χ4v) is 3.19. The van der Waals surface area contributed by atoms with E-state index in [1.165, 1.54) is 12.8 Å². The van der Waals surface area contributed by atoms with E-state index >= 15 is 0 Å². The molecule has 1 aliphatic rings. The molecule has 0 spiro atoms. The molecule has 1 fully saturated rings. The lowest BCUT2D eigenvalue weighted by atomic mass is 9.86. The van der Waals surface area contributed by atoms with Crippen molar-refractivity contribution in [3.63, 3.8) is 0 Å². The average molecular weight is 333 g/mol. The highest BCUT2D eigenvalue weighted by Crippen LogP contribution is 2.37. The van der Waals surface area contributed by atoms with Gasteiger partial charge < -0.3 is 4.74 Å². The largest absolute Gasteiger partial charge is 0.489 e. The van der Waals surface area contributed by atoms with E-state index in [1.807, 2.05) is 61.5 Å². The summed E-state index contributed by atoms with van der Waals surface area (Å²) in [7, 11) is 0. The van der Waals surface area contributed by atoms with E-state index in [1.54, 1.807) is 0 Å². The second-order valence-electron chi connectivity index (χ2n) is 6.71. The third-order valence-electron chi connectivity index (χ3n) is 4.83. The molecule has 0 aromatic heterocycles. The van der Waals surface area contributed by atoms with Gasteiger partial charge in [-0.05, 0) is 55.5 Å².